The van der Waals surface area contributed by atoms with Crippen LogP contribution in [0.5, 0.6) is 0 Å². The standard InChI is InChI=1S/C18H19N5O3/c1-12-17(23-9-8-19-11-15(23)21-12)20-7-6-16(24)22-14-5-3-4-13(10-14)18(25)26-2/h3-5,8-11,20H,6-7H2,1-2H3,(H,22,24). The summed E-state index contributed by atoms with van der Waals surface area (Å²) in [5, 5.41) is 6.00. The third kappa shape index (κ3) is 3.80. The predicted octanol–water partition coefficient (Wildman–Crippen LogP) is 2.27. The molecule has 0 saturated heterocycles. The van der Waals surface area contributed by atoms with E-state index in [2.05, 4.69) is 25.3 Å². The Balaban J connectivity index is 1.58. The van der Waals surface area contributed by atoms with Crippen LogP contribution in [-0.4, -0.2) is 39.9 Å². The molecule has 0 aliphatic rings. The predicted molar refractivity (Wildman–Crippen MR) is 97.2 cm³/mol. The van der Waals surface area contributed by atoms with Crippen LogP contribution in [0.15, 0.2) is 42.9 Å². The number of anilines is 2. The highest BCUT2D eigenvalue weighted by atomic mass is 16.5. The van der Waals surface area contributed by atoms with Crippen LogP contribution in [0.3, 0.4) is 0 Å². The fourth-order valence-corrected chi connectivity index (χ4v) is 2.60. The molecule has 0 aliphatic heterocycles. The number of rotatable bonds is 6. The second kappa shape index (κ2) is 7.64. The largest absolute Gasteiger partial charge is 0.465 e. The van der Waals surface area contributed by atoms with E-state index in [9.17, 15) is 9.59 Å². The molecule has 0 unspecified atom stereocenters. The lowest BCUT2D eigenvalue weighted by Gasteiger charge is -2.09. The number of nitrogens with zero attached hydrogens (tertiary/aromatic N) is 3. The summed E-state index contributed by atoms with van der Waals surface area (Å²) >= 11 is 0. The molecule has 26 heavy (non-hydrogen) atoms. The molecule has 0 atom stereocenters. The molecule has 0 fully saturated rings. The Kier molecular flexibility index (Phi) is 5.12. The number of methoxy groups -OCH3 is 1. The van der Waals surface area contributed by atoms with E-state index >= 15 is 0 Å². The Hall–Kier alpha value is -3.42. The van der Waals surface area contributed by atoms with Gasteiger partial charge in [0.1, 0.15) is 5.82 Å². The minimum absolute atomic E-state index is 0.160. The Morgan fingerprint density at radius 2 is 2.15 bits per heavy atom. The van der Waals surface area contributed by atoms with Crippen LogP contribution >= 0.6 is 0 Å². The first-order valence-corrected chi connectivity index (χ1v) is 8.09. The molecule has 8 nitrogen and oxygen atoms in total. The van der Waals surface area contributed by atoms with Crippen molar-refractivity contribution in [3.8, 4) is 0 Å². The van der Waals surface area contributed by atoms with Crippen LogP contribution in [0.4, 0.5) is 11.5 Å². The molecule has 0 saturated carbocycles. The van der Waals surface area contributed by atoms with Gasteiger partial charge in [-0.3, -0.25) is 14.2 Å². The summed E-state index contributed by atoms with van der Waals surface area (Å²) in [5.74, 6) is 0.232. The zero-order chi connectivity index (χ0) is 18.5. The molecular formula is C18H19N5O3. The number of hydrogen-bond donors (Lipinski definition) is 2. The van der Waals surface area contributed by atoms with Crippen molar-refractivity contribution in [2.45, 2.75) is 13.3 Å². The van der Waals surface area contributed by atoms with E-state index in [-0.39, 0.29) is 12.3 Å². The van der Waals surface area contributed by atoms with Crippen molar-refractivity contribution in [1.29, 1.82) is 0 Å². The maximum atomic E-state index is 12.1. The van der Waals surface area contributed by atoms with Gasteiger partial charge in [0.25, 0.3) is 0 Å². The number of carbonyl (C=O) groups is 2. The van der Waals surface area contributed by atoms with Crippen molar-refractivity contribution in [1.82, 2.24) is 14.4 Å². The molecule has 0 radical (unpaired) electrons. The monoisotopic (exact) mass is 353 g/mol. The Labute approximate surface area is 150 Å². The normalized spacial score (nSPS) is 10.5. The molecule has 1 aromatic carbocycles. The second-order valence-corrected chi connectivity index (χ2v) is 5.65. The molecule has 1 amide bonds. The number of amides is 1. The quantitative estimate of drug-likeness (QED) is 0.660. The van der Waals surface area contributed by atoms with Gasteiger partial charge in [0.05, 0.1) is 24.6 Å². The Bertz CT molecular complexity index is 951. The molecule has 0 bridgehead atoms. The molecule has 3 rings (SSSR count). The van der Waals surface area contributed by atoms with E-state index in [1.165, 1.54) is 7.11 Å². The first-order chi connectivity index (χ1) is 12.6. The van der Waals surface area contributed by atoms with Crippen LogP contribution in [-0.2, 0) is 9.53 Å². The van der Waals surface area contributed by atoms with Crippen molar-refractivity contribution in [2.75, 3.05) is 24.3 Å². The first kappa shape index (κ1) is 17.4. The number of esters is 1. The SMILES string of the molecule is COC(=O)c1cccc(NC(=O)CCNc2c(C)nc3cnccn23)c1. The molecule has 8 heteroatoms. The summed E-state index contributed by atoms with van der Waals surface area (Å²) in [6, 6.07) is 6.62. The number of hydrogen-bond acceptors (Lipinski definition) is 6. The van der Waals surface area contributed by atoms with Gasteiger partial charge in [0.2, 0.25) is 5.91 Å². The number of carbonyl (C=O) groups excluding carboxylic acids is 2. The van der Waals surface area contributed by atoms with Crippen molar-refractivity contribution in [3.63, 3.8) is 0 Å². The highest BCUT2D eigenvalue weighted by Crippen LogP contribution is 2.16. The van der Waals surface area contributed by atoms with E-state index in [1.54, 1.807) is 36.7 Å². The smallest absolute Gasteiger partial charge is 0.337 e. The lowest BCUT2D eigenvalue weighted by molar-refractivity contribution is -0.115. The van der Waals surface area contributed by atoms with E-state index < -0.39 is 5.97 Å². The molecule has 2 heterocycles. The average molecular weight is 353 g/mol. The van der Waals surface area contributed by atoms with Gasteiger partial charge < -0.3 is 15.4 Å². The minimum Gasteiger partial charge on any atom is -0.465 e. The van der Waals surface area contributed by atoms with Gasteiger partial charge in [0, 0.05) is 31.0 Å². The number of nitrogens with one attached hydrogen (secondary N) is 2. The third-order valence-electron chi connectivity index (χ3n) is 3.82. The topological polar surface area (TPSA) is 97.6 Å². The summed E-state index contributed by atoms with van der Waals surface area (Å²) in [6.07, 6.45) is 5.44. The van der Waals surface area contributed by atoms with E-state index in [1.807, 2.05) is 17.5 Å². The van der Waals surface area contributed by atoms with Gasteiger partial charge in [-0.05, 0) is 25.1 Å². The lowest BCUT2D eigenvalue weighted by Crippen LogP contribution is -2.17. The number of fused-ring (bicyclic) bond motifs is 1. The highest BCUT2D eigenvalue weighted by molar-refractivity contribution is 5.94. The van der Waals surface area contributed by atoms with Crippen molar-refractivity contribution >= 4 is 29.0 Å². The maximum Gasteiger partial charge on any atom is 0.337 e. The van der Waals surface area contributed by atoms with Gasteiger partial charge in [0.15, 0.2) is 5.65 Å². The molecule has 3 aromatic rings. The summed E-state index contributed by atoms with van der Waals surface area (Å²) in [4.78, 5) is 32.1. The maximum absolute atomic E-state index is 12.1. The fraction of sp³-hybridized carbons (Fsp3) is 0.222. The fourth-order valence-electron chi connectivity index (χ4n) is 2.60. The van der Waals surface area contributed by atoms with E-state index in [0.717, 1.165) is 17.2 Å². The molecule has 0 aliphatic carbocycles. The number of imidazole rings is 1. The average Bonchev–Trinajstić information content (AvgIpc) is 2.97. The molecule has 2 aromatic heterocycles. The second-order valence-electron chi connectivity index (χ2n) is 5.65. The Morgan fingerprint density at radius 1 is 1.31 bits per heavy atom. The molecular weight excluding hydrogens is 334 g/mol. The number of aryl methyl sites for hydroxylation is 1. The zero-order valence-electron chi connectivity index (χ0n) is 14.5. The number of aromatic nitrogens is 3. The molecule has 2 N–H and O–H groups in total. The lowest BCUT2D eigenvalue weighted by atomic mass is 10.2. The molecule has 134 valence electrons. The van der Waals surface area contributed by atoms with Gasteiger partial charge in [-0.1, -0.05) is 6.07 Å². The van der Waals surface area contributed by atoms with E-state index in [0.29, 0.717) is 17.8 Å². The van der Waals surface area contributed by atoms with Crippen LogP contribution in [0.2, 0.25) is 0 Å². The van der Waals surface area contributed by atoms with Crippen LogP contribution in [0, 0.1) is 6.92 Å². The number of ether oxygens (including phenoxy) is 1. The van der Waals surface area contributed by atoms with E-state index in [4.69, 9.17) is 0 Å². The molecule has 0 spiro atoms. The summed E-state index contributed by atoms with van der Waals surface area (Å²) in [6.45, 7) is 2.34. The minimum atomic E-state index is -0.444. The third-order valence-corrected chi connectivity index (χ3v) is 3.82. The van der Waals surface area contributed by atoms with Crippen LogP contribution < -0.4 is 10.6 Å². The summed E-state index contributed by atoms with van der Waals surface area (Å²) in [7, 11) is 1.32. The van der Waals surface area contributed by atoms with Crippen LogP contribution in [0.1, 0.15) is 22.5 Å². The number of benzene rings is 1. The van der Waals surface area contributed by atoms with Gasteiger partial charge >= 0.3 is 5.97 Å². The van der Waals surface area contributed by atoms with Crippen molar-refractivity contribution < 1.29 is 14.3 Å². The summed E-state index contributed by atoms with van der Waals surface area (Å²) in [5.41, 5.74) is 2.52. The highest BCUT2D eigenvalue weighted by Gasteiger charge is 2.10. The van der Waals surface area contributed by atoms with Crippen molar-refractivity contribution in [2.24, 2.45) is 0 Å². The Morgan fingerprint density at radius 3 is 2.96 bits per heavy atom. The first-order valence-electron chi connectivity index (χ1n) is 8.09. The van der Waals surface area contributed by atoms with Crippen LogP contribution in [0.25, 0.3) is 5.65 Å². The van der Waals surface area contributed by atoms with Gasteiger partial charge in [-0.15, -0.1) is 0 Å². The zero-order valence-corrected chi connectivity index (χ0v) is 14.5. The van der Waals surface area contributed by atoms with Crippen molar-refractivity contribution in [3.05, 3.63) is 54.1 Å². The summed E-state index contributed by atoms with van der Waals surface area (Å²) < 4.78 is 6.56. The van der Waals surface area contributed by atoms with Gasteiger partial charge in [-0.2, -0.15) is 0 Å². The van der Waals surface area contributed by atoms with Gasteiger partial charge in [-0.25, -0.2) is 9.78 Å².